The number of fused-ring (bicyclic) bond motifs is 1. The number of hydrogen-bond acceptors (Lipinski definition) is 5. The minimum Gasteiger partial charge on any atom is -0.489 e. The molecule has 2 amide bonds. The number of anilines is 1. The van der Waals surface area contributed by atoms with Crippen LogP contribution in [0.5, 0.6) is 17.2 Å². The van der Waals surface area contributed by atoms with Crippen molar-refractivity contribution in [3.05, 3.63) is 82.9 Å². The minimum absolute atomic E-state index is 0.206. The van der Waals surface area contributed by atoms with Crippen LogP contribution in [0.15, 0.2) is 66.7 Å². The van der Waals surface area contributed by atoms with Gasteiger partial charge in [0.05, 0.1) is 10.6 Å². The Bertz CT molecular complexity index is 1150. The molecule has 0 aromatic heterocycles. The molecule has 7 nitrogen and oxygen atoms in total. The lowest BCUT2D eigenvalue weighted by Gasteiger charge is -2.15. The van der Waals surface area contributed by atoms with Gasteiger partial charge in [-0.1, -0.05) is 35.9 Å². The second-order valence-electron chi connectivity index (χ2n) is 7.17. The van der Waals surface area contributed by atoms with Gasteiger partial charge in [0.1, 0.15) is 18.4 Å². The third-order valence-electron chi connectivity index (χ3n) is 4.80. The van der Waals surface area contributed by atoms with Gasteiger partial charge >= 0.3 is 0 Å². The van der Waals surface area contributed by atoms with E-state index in [0.717, 1.165) is 5.56 Å². The lowest BCUT2D eigenvalue weighted by molar-refractivity contribution is -0.117. The molecular formula is C24H21ClN2O5. The third-order valence-corrected chi connectivity index (χ3v) is 5.13. The van der Waals surface area contributed by atoms with E-state index in [0.29, 0.717) is 40.1 Å². The zero-order chi connectivity index (χ0) is 22.5. The molecule has 32 heavy (non-hydrogen) atoms. The van der Waals surface area contributed by atoms with Gasteiger partial charge in [0.2, 0.25) is 12.7 Å². The molecule has 0 saturated carbocycles. The molecule has 0 aliphatic carbocycles. The molecule has 1 atom stereocenters. The van der Waals surface area contributed by atoms with Crippen molar-refractivity contribution in [1.82, 2.24) is 5.32 Å². The second-order valence-corrected chi connectivity index (χ2v) is 7.58. The van der Waals surface area contributed by atoms with Crippen LogP contribution in [-0.4, -0.2) is 24.6 Å². The topological polar surface area (TPSA) is 85.9 Å². The van der Waals surface area contributed by atoms with Gasteiger partial charge in [-0.3, -0.25) is 9.59 Å². The van der Waals surface area contributed by atoms with Crippen LogP contribution in [0, 0.1) is 0 Å². The molecule has 4 rings (SSSR count). The number of halogens is 1. The normalized spacial score (nSPS) is 12.7. The molecule has 1 aliphatic heterocycles. The van der Waals surface area contributed by atoms with Crippen molar-refractivity contribution >= 4 is 29.1 Å². The van der Waals surface area contributed by atoms with E-state index in [1.165, 1.54) is 0 Å². The molecule has 0 bridgehead atoms. The summed E-state index contributed by atoms with van der Waals surface area (Å²) in [7, 11) is 0. The minimum atomic E-state index is -0.757. The predicted octanol–water partition coefficient (Wildman–Crippen LogP) is 4.40. The van der Waals surface area contributed by atoms with Crippen LogP contribution in [0.25, 0.3) is 0 Å². The van der Waals surface area contributed by atoms with Crippen LogP contribution in [0.4, 0.5) is 5.69 Å². The van der Waals surface area contributed by atoms with E-state index in [9.17, 15) is 9.59 Å². The molecule has 0 fully saturated rings. The number of carbonyl (C=O) groups is 2. The molecular weight excluding hydrogens is 432 g/mol. The number of nitrogens with one attached hydrogen (secondary N) is 2. The van der Waals surface area contributed by atoms with Crippen molar-refractivity contribution in [3.8, 4) is 17.2 Å². The summed E-state index contributed by atoms with van der Waals surface area (Å²) >= 11 is 6.04. The van der Waals surface area contributed by atoms with Gasteiger partial charge in [-0.05, 0) is 48.9 Å². The molecule has 0 radical (unpaired) electrons. The average Bonchev–Trinajstić information content (AvgIpc) is 3.26. The Morgan fingerprint density at radius 2 is 1.84 bits per heavy atom. The molecule has 1 aliphatic rings. The highest BCUT2D eigenvalue weighted by Crippen LogP contribution is 2.35. The van der Waals surface area contributed by atoms with Crippen molar-refractivity contribution in [2.45, 2.75) is 19.6 Å². The molecule has 3 aromatic carbocycles. The van der Waals surface area contributed by atoms with Crippen molar-refractivity contribution in [2.24, 2.45) is 0 Å². The van der Waals surface area contributed by atoms with E-state index in [-0.39, 0.29) is 12.7 Å². The predicted molar refractivity (Wildman–Crippen MR) is 120 cm³/mol. The Morgan fingerprint density at radius 1 is 1.03 bits per heavy atom. The first-order valence-electron chi connectivity index (χ1n) is 9.97. The fourth-order valence-electron chi connectivity index (χ4n) is 3.11. The van der Waals surface area contributed by atoms with Crippen LogP contribution in [0.3, 0.4) is 0 Å². The number of amides is 2. The van der Waals surface area contributed by atoms with E-state index in [4.69, 9.17) is 25.8 Å². The first-order valence-corrected chi connectivity index (χ1v) is 10.3. The summed E-state index contributed by atoms with van der Waals surface area (Å²) in [6.07, 6.45) is 0. The van der Waals surface area contributed by atoms with Gasteiger partial charge in [0.25, 0.3) is 5.91 Å². The number of hydrogen-bond donors (Lipinski definition) is 2. The summed E-state index contributed by atoms with van der Waals surface area (Å²) in [6, 6.07) is 18.6. The van der Waals surface area contributed by atoms with Crippen LogP contribution >= 0.6 is 11.6 Å². The number of benzene rings is 3. The van der Waals surface area contributed by atoms with E-state index < -0.39 is 11.9 Å². The van der Waals surface area contributed by atoms with Crippen LogP contribution < -0.4 is 24.8 Å². The summed E-state index contributed by atoms with van der Waals surface area (Å²) < 4.78 is 16.5. The molecule has 0 spiro atoms. The first-order chi connectivity index (χ1) is 15.5. The van der Waals surface area contributed by atoms with Gasteiger partial charge in [0, 0.05) is 11.8 Å². The second kappa shape index (κ2) is 9.62. The average molecular weight is 453 g/mol. The summed E-state index contributed by atoms with van der Waals surface area (Å²) in [5, 5.41) is 5.79. The monoisotopic (exact) mass is 452 g/mol. The highest BCUT2D eigenvalue weighted by atomic mass is 35.5. The first kappa shape index (κ1) is 21.5. The van der Waals surface area contributed by atoms with E-state index in [1.54, 1.807) is 49.4 Å². The summed E-state index contributed by atoms with van der Waals surface area (Å²) in [5.74, 6) is 1.23. The van der Waals surface area contributed by atoms with Gasteiger partial charge < -0.3 is 24.8 Å². The van der Waals surface area contributed by atoms with Crippen LogP contribution in [-0.2, 0) is 11.4 Å². The van der Waals surface area contributed by atoms with E-state index >= 15 is 0 Å². The SMILES string of the molecule is CC(NC(=O)c1ccccc1Cl)C(=O)Nc1cccc(COc2ccc3c(c2)OCO3)c1. The zero-order valence-corrected chi connectivity index (χ0v) is 18.0. The molecule has 0 saturated heterocycles. The largest absolute Gasteiger partial charge is 0.489 e. The van der Waals surface area contributed by atoms with Gasteiger partial charge in [-0.25, -0.2) is 0 Å². The third kappa shape index (κ3) is 5.12. The number of ether oxygens (including phenoxy) is 3. The number of rotatable bonds is 7. The molecule has 164 valence electrons. The summed E-state index contributed by atoms with van der Waals surface area (Å²) in [6.45, 7) is 2.12. The molecule has 8 heteroatoms. The number of carbonyl (C=O) groups excluding carboxylic acids is 2. The Balaban J connectivity index is 1.33. The standard InChI is InChI=1S/C24H21ClN2O5/c1-15(26-24(29)19-7-2-3-8-20(19)25)23(28)27-17-6-4-5-16(11-17)13-30-18-9-10-21-22(12-18)32-14-31-21/h2-12,15H,13-14H2,1H3,(H,26,29)(H,27,28). The van der Waals surface area contributed by atoms with Gasteiger partial charge in [-0.2, -0.15) is 0 Å². The van der Waals surface area contributed by atoms with Crippen molar-refractivity contribution in [1.29, 1.82) is 0 Å². The molecule has 2 N–H and O–H groups in total. The zero-order valence-electron chi connectivity index (χ0n) is 17.3. The molecule has 1 heterocycles. The maximum atomic E-state index is 12.5. The fraction of sp³-hybridized carbons (Fsp3) is 0.167. The maximum Gasteiger partial charge on any atom is 0.253 e. The highest BCUT2D eigenvalue weighted by molar-refractivity contribution is 6.33. The lowest BCUT2D eigenvalue weighted by atomic mass is 10.2. The van der Waals surface area contributed by atoms with Crippen LogP contribution in [0.1, 0.15) is 22.8 Å². The highest BCUT2D eigenvalue weighted by Gasteiger charge is 2.18. The van der Waals surface area contributed by atoms with Crippen molar-refractivity contribution in [2.75, 3.05) is 12.1 Å². The summed E-state index contributed by atoms with van der Waals surface area (Å²) in [4.78, 5) is 24.9. The Hall–Kier alpha value is -3.71. The van der Waals surface area contributed by atoms with Crippen LogP contribution in [0.2, 0.25) is 5.02 Å². The molecule has 1 unspecified atom stereocenters. The Labute approximate surface area is 190 Å². The molecule has 3 aromatic rings. The van der Waals surface area contributed by atoms with Gasteiger partial charge in [0.15, 0.2) is 11.5 Å². The Morgan fingerprint density at radius 3 is 2.69 bits per heavy atom. The van der Waals surface area contributed by atoms with Crippen molar-refractivity contribution < 1.29 is 23.8 Å². The quantitative estimate of drug-likeness (QED) is 0.554. The Kier molecular flexibility index (Phi) is 6.47. The van der Waals surface area contributed by atoms with E-state index in [2.05, 4.69) is 10.6 Å². The van der Waals surface area contributed by atoms with E-state index in [1.807, 2.05) is 24.3 Å². The van der Waals surface area contributed by atoms with Crippen molar-refractivity contribution in [3.63, 3.8) is 0 Å². The fourth-order valence-corrected chi connectivity index (χ4v) is 3.33. The van der Waals surface area contributed by atoms with Gasteiger partial charge in [-0.15, -0.1) is 0 Å². The maximum absolute atomic E-state index is 12.5. The lowest BCUT2D eigenvalue weighted by Crippen LogP contribution is -2.41. The summed E-state index contributed by atoms with van der Waals surface area (Å²) in [5.41, 5.74) is 1.78. The smallest absolute Gasteiger partial charge is 0.253 e.